The summed E-state index contributed by atoms with van der Waals surface area (Å²) >= 11 is 0. The van der Waals surface area contributed by atoms with E-state index in [4.69, 9.17) is 4.42 Å². The predicted molar refractivity (Wildman–Crippen MR) is 61.9 cm³/mol. The molecule has 86 valence electrons. The number of aldehydes is 1. The first kappa shape index (κ1) is 11.1. The summed E-state index contributed by atoms with van der Waals surface area (Å²) in [5, 5.41) is 3.11. The van der Waals surface area contributed by atoms with E-state index in [9.17, 15) is 14.4 Å². The van der Waals surface area contributed by atoms with Crippen LogP contribution in [0.2, 0.25) is 0 Å². The molecule has 0 bridgehead atoms. The van der Waals surface area contributed by atoms with Gasteiger partial charge in [-0.25, -0.2) is 4.79 Å². The molecule has 0 spiro atoms. The molecular weight excluding hydrogens is 222 g/mol. The summed E-state index contributed by atoms with van der Waals surface area (Å²) in [6.45, 7) is 1.77. The Hall–Kier alpha value is -2.43. The first-order valence-electron chi connectivity index (χ1n) is 4.91. The monoisotopic (exact) mass is 231 g/mol. The zero-order valence-electron chi connectivity index (χ0n) is 9.02. The van der Waals surface area contributed by atoms with Gasteiger partial charge in [-0.3, -0.25) is 9.59 Å². The number of amides is 1. The molecule has 0 saturated heterocycles. The summed E-state index contributed by atoms with van der Waals surface area (Å²) in [5.74, 6) is -0.723. The van der Waals surface area contributed by atoms with Crippen LogP contribution in [0.1, 0.15) is 5.56 Å². The summed E-state index contributed by atoms with van der Waals surface area (Å²) < 4.78 is 4.99. The molecule has 0 saturated carbocycles. The van der Waals surface area contributed by atoms with Crippen molar-refractivity contribution in [2.75, 3.05) is 5.32 Å². The highest BCUT2D eigenvalue weighted by Gasteiger charge is 2.05. The molecule has 0 aliphatic carbocycles. The molecule has 1 heterocycles. The number of hydrogen-bond acceptors (Lipinski definition) is 4. The largest absolute Gasteiger partial charge is 0.423 e. The summed E-state index contributed by atoms with van der Waals surface area (Å²) in [6.07, 6.45) is 0.197. The van der Waals surface area contributed by atoms with E-state index in [0.717, 1.165) is 5.56 Å². The number of aryl methyl sites for hydroxylation is 1. The van der Waals surface area contributed by atoms with Gasteiger partial charge in [0.25, 0.3) is 5.91 Å². The lowest BCUT2D eigenvalue weighted by atomic mass is 10.1. The van der Waals surface area contributed by atoms with Gasteiger partial charge in [0.2, 0.25) is 6.29 Å². The smallest absolute Gasteiger partial charge is 0.336 e. The van der Waals surface area contributed by atoms with Crippen LogP contribution < -0.4 is 10.9 Å². The molecule has 5 nitrogen and oxygen atoms in total. The maximum atomic E-state index is 11.1. The fraction of sp³-hybridized carbons (Fsp3) is 0.0833. The SMILES string of the molecule is Cc1cc(=O)oc2ccc(NC(=O)C=O)cc12. The Morgan fingerprint density at radius 2 is 2.12 bits per heavy atom. The van der Waals surface area contributed by atoms with E-state index in [1.54, 1.807) is 25.1 Å². The third-order valence-corrected chi connectivity index (χ3v) is 2.32. The molecule has 2 aromatic rings. The van der Waals surface area contributed by atoms with Gasteiger partial charge in [-0.05, 0) is 30.7 Å². The van der Waals surface area contributed by atoms with Crippen molar-refractivity contribution in [2.45, 2.75) is 6.92 Å². The van der Waals surface area contributed by atoms with E-state index >= 15 is 0 Å². The van der Waals surface area contributed by atoms with Crippen LogP contribution in [-0.2, 0) is 9.59 Å². The lowest BCUT2D eigenvalue weighted by Gasteiger charge is -2.04. The average Bonchev–Trinajstić information content (AvgIpc) is 2.29. The quantitative estimate of drug-likeness (QED) is 0.479. The minimum absolute atomic E-state index is 0.197. The molecule has 0 aliphatic heterocycles. The number of rotatable bonds is 2. The lowest BCUT2D eigenvalue weighted by molar-refractivity contribution is -0.127. The number of hydrogen-bond donors (Lipinski definition) is 1. The van der Waals surface area contributed by atoms with Crippen LogP contribution in [0.25, 0.3) is 11.0 Å². The van der Waals surface area contributed by atoms with Crippen molar-refractivity contribution in [3.63, 3.8) is 0 Å². The number of fused-ring (bicyclic) bond motifs is 1. The molecule has 1 aromatic carbocycles. The van der Waals surface area contributed by atoms with Crippen molar-refractivity contribution < 1.29 is 14.0 Å². The normalized spacial score (nSPS) is 10.2. The number of nitrogens with one attached hydrogen (secondary N) is 1. The second kappa shape index (κ2) is 4.21. The Bertz CT molecular complexity index is 657. The van der Waals surface area contributed by atoms with Crippen molar-refractivity contribution in [1.82, 2.24) is 0 Å². The average molecular weight is 231 g/mol. The molecule has 0 fully saturated rings. The molecule has 0 unspecified atom stereocenters. The summed E-state index contributed by atoms with van der Waals surface area (Å²) in [4.78, 5) is 32.2. The Morgan fingerprint density at radius 1 is 1.35 bits per heavy atom. The van der Waals surface area contributed by atoms with Gasteiger partial charge in [0.05, 0.1) is 0 Å². The highest BCUT2D eigenvalue weighted by atomic mass is 16.4. The van der Waals surface area contributed by atoms with E-state index < -0.39 is 11.5 Å². The highest BCUT2D eigenvalue weighted by molar-refractivity contribution is 6.29. The summed E-state index contributed by atoms with van der Waals surface area (Å²) in [6, 6.07) is 6.15. The van der Waals surface area contributed by atoms with Gasteiger partial charge in [-0.1, -0.05) is 0 Å². The minimum Gasteiger partial charge on any atom is -0.423 e. The van der Waals surface area contributed by atoms with Crippen LogP contribution >= 0.6 is 0 Å². The second-order valence-corrected chi connectivity index (χ2v) is 3.57. The van der Waals surface area contributed by atoms with Gasteiger partial charge in [-0.2, -0.15) is 0 Å². The minimum atomic E-state index is -0.723. The van der Waals surface area contributed by atoms with Gasteiger partial charge in [0.15, 0.2) is 0 Å². The topological polar surface area (TPSA) is 76.4 Å². The third-order valence-electron chi connectivity index (χ3n) is 2.32. The highest BCUT2D eigenvalue weighted by Crippen LogP contribution is 2.20. The molecule has 0 radical (unpaired) electrons. The van der Waals surface area contributed by atoms with Crippen LogP contribution in [0.5, 0.6) is 0 Å². The van der Waals surface area contributed by atoms with Crippen LogP contribution in [-0.4, -0.2) is 12.2 Å². The van der Waals surface area contributed by atoms with E-state index in [2.05, 4.69) is 5.32 Å². The van der Waals surface area contributed by atoms with Crippen LogP contribution in [0.4, 0.5) is 5.69 Å². The zero-order chi connectivity index (χ0) is 12.4. The Morgan fingerprint density at radius 3 is 2.82 bits per heavy atom. The molecule has 0 aliphatic rings. The van der Waals surface area contributed by atoms with Crippen LogP contribution in [0.15, 0.2) is 33.5 Å². The van der Waals surface area contributed by atoms with Crippen molar-refractivity contribution in [3.05, 3.63) is 40.2 Å². The molecule has 2 rings (SSSR count). The van der Waals surface area contributed by atoms with E-state index in [1.807, 2.05) is 0 Å². The van der Waals surface area contributed by atoms with Crippen LogP contribution in [0.3, 0.4) is 0 Å². The molecule has 0 atom stereocenters. The van der Waals surface area contributed by atoms with Gasteiger partial charge >= 0.3 is 5.63 Å². The molecule has 5 heteroatoms. The Balaban J connectivity index is 2.54. The number of anilines is 1. The first-order chi connectivity index (χ1) is 8.10. The summed E-state index contributed by atoms with van der Waals surface area (Å²) in [7, 11) is 0. The number of carbonyl (C=O) groups excluding carboxylic acids is 2. The van der Waals surface area contributed by atoms with Crippen LogP contribution in [0, 0.1) is 6.92 Å². The van der Waals surface area contributed by atoms with Gasteiger partial charge in [0, 0.05) is 17.1 Å². The summed E-state index contributed by atoms with van der Waals surface area (Å²) in [5.41, 5.74) is 1.25. The van der Waals surface area contributed by atoms with Crippen molar-refractivity contribution in [2.24, 2.45) is 0 Å². The van der Waals surface area contributed by atoms with Gasteiger partial charge in [0.1, 0.15) is 5.58 Å². The van der Waals surface area contributed by atoms with Crippen molar-refractivity contribution in [1.29, 1.82) is 0 Å². The Kier molecular flexibility index (Phi) is 2.74. The van der Waals surface area contributed by atoms with Crippen molar-refractivity contribution in [3.8, 4) is 0 Å². The molecule has 1 N–H and O–H groups in total. The van der Waals surface area contributed by atoms with E-state index in [1.165, 1.54) is 6.07 Å². The zero-order valence-corrected chi connectivity index (χ0v) is 9.02. The fourth-order valence-electron chi connectivity index (χ4n) is 1.57. The molecular formula is C12H9NO4. The predicted octanol–water partition coefficient (Wildman–Crippen LogP) is 1.24. The van der Waals surface area contributed by atoms with Gasteiger partial charge in [-0.15, -0.1) is 0 Å². The third kappa shape index (κ3) is 2.23. The van der Waals surface area contributed by atoms with Crippen molar-refractivity contribution >= 4 is 28.8 Å². The standard InChI is InChI=1S/C12H9NO4/c1-7-4-12(16)17-10-3-2-8(5-9(7)10)13-11(15)6-14/h2-6H,1H3,(H,13,15). The lowest BCUT2D eigenvalue weighted by Crippen LogP contribution is -2.12. The molecule has 17 heavy (non-hydrogen) atoms. The maximum absolute atomic E-state index is 11.1. The maximum Gasteiger partial charge on any atom is 0.336 e. The number of carbonyl (C=O) groups is 2. The van der Waals surface area contributed by atoms with E-state index in [-0.39, 0.29) is 6.29 Å². The Labute approximate surface area is 96.0 Å². The molecule has 1 aromatic heterocycles. The first-order valence-corrected chi connectivity index (χ1v) is 4.91. The van der Waals surface area contributed by atoms with Gasteiger partial charge < -0.3 is 9.73 Å². The molecule has 1 amide bonds. The second-order valence-electron chi connectivity index (χ2n) is 3.57. The van der Waals surface area contributed by atoms with E-state index in [0.29, 0.717) is 16.7 Å². The fourth-order valence-corrected chi connectivity index (χ4v) is 1.57. The number of benzene rings is 1.